The highest BCUT2D eigenvalue weighted by Crippen LogP contribution is 2.61. The van der Waals surface area contributed by atoms with Crippen LogP contribution in [0.25, 0.3) is 0 Å². The van der Waals surface area contributed by atoms with Gasteiger partial charge in [0.1, 0.15) is 67.3 Å². The van der Waals surface area contributed by atoms with E-state index < -0.39 is 94.8 Å². The number of alkyl halides is 12. The van der Waals surface area contributed by atoms with Crippen LogP contribution >= 0.6 is 191 Å². The largest absolute Gasteiger partial charge is 0.465 e. The van der Waals surface area contributed by atoms with Crippen LogP contribution in [0.4, 0.5) is 45.5 Å². The number of carbonyl (C=O) groups is 12. The van der Waals surface area contributed by atoms with Crippen LogP contribution in [0, 0.1) is 0 Å². The normalized spacial score (nSPS) is 14.6. The van der Waals surface area contributed by atoms with E-state index in [1.54, 1.807) is 24.3 Å². The smallest absolute Gasteiger partial charge is 0.316 e. The van der Waals surface area contributed by atoms with Crippen LogP contribution in [-0.4, -0.2) is 162 Å². The molecule has 32 nitrogen and oxygen atoms in total. The number of hydrogen-bond donors (Lipinski definition) is 8. The maximum absolute atomic E-state index is 13.8. The molecule has 8 N–H and O–H groups in total. The summed E-state index contributed by atoms with van der Waals surface area (Å²) in [5, 5.41) is 20.8. The van der Waals surface area contributed by atoms with Crippen molar-refractivity contribution in [3.8, 4) is 92.0 Å². The molecule has 0 atom stereocenters. The number of anilines is 8. The van der Waals surface area contributed by atoms with Crippen molar-refractivity contribution < 1.29 is 114 Å². The Morgan fingerprint density at radius 2 is 0.333 bits per heavy atom. The molecule has 0 radical (unpaired) electrons. The molecule has 4 heterocycles. The first-order valence-corrected chi connectivity index (χ1v) is 53.8. The van der Waals surface area contributed by atoms with Crippen molar-refractivity contribution in [3.05, 3.63) is 142 Å². The fraction of sp³-hybridized carbons (Fsp3) is 0.318. The van der Waals surface area contributed by atoms with Gasteiger partial charge in [-0.1, -0.05) is 191 Å². The predicted octanol–water partition coefficient (Wildman–Crippen LogP) is 21.7. The lowest BCUT2D eigenvalue weighted by Crippen LogP contribution is -2.18. The maximum atomic E-state index is 13.8. The molecule has 1 aliphatic carbocycles. The minimum atomic E-state index is -1.02. The summed E-state index contributed by atoms with van der Waals surface area (Å²) in [5.74, 6) is -11.2. The SMILES string of the molecule is O=C(CBr)Nc1cc2c(cc1NC(=O)CBr)Oc1cc3c4cc1C(CCCOC(=O)CBr)c1cc5c(cc1O2)Oc1cc(NC(=O)CBr)c(NC(=O)CBr)cc1Oc1cc2c(cc1C5CCCOC(=O)CBr)C(CCCOC(=O)CBr)c1cc(c(cc1Oc1cc(NC(=O)CBr)c(NC(=O)CBr)cc1O2)Oc1cc(NC(=O)CBr)c(NC(=O)CBr)cc1O3)C4CCCOC(=O)CBr. The van der Waals surface area contributed by atoms with Gasteiger partial charge in [-0.15, -0.1) is 0 Å². The Bertz CT molecular complexity index is 4910. The first kappa shape index (κ1) is 101. The molecule has 0 fully saturated rings. The van der Waals surface area contributed by atoms with Crippen molar-refractivity contribution in [2.45, 2.75) is 75.0 Å². The zero-order valence-corrected chi connectivity index (χ0v) is 87.9. The molecule has 0 spiro atoms. The van der Waals surface area contributed by atoms with Gasteiger partial charge in [-0.05, 0) is 75.6 Å². The molecule has 8 bridgehead atoms. The third kappa shape index (κ3) is 24.7. The van der Waals surface area contributed by atoms with E-state index in [0.29, 0.717) is 44.5 Å². The van der Waals surface area contributed by atoms with E-state index >= 15 is 0 Å². The Morgan fingerprint density at radius 1 is 0.197 bits per heavy atom. The number of nitrogens with one attached hydrogen (secondary N) is 8. The molecule has 44 heteroatoms. The van der Waals surface area contributed by atoms with E-state index in [9.17, 15) is 57.5 Å². The lowest BCUT2D eigenvalue weighted by Gasteiger charge is -2.30. The summed E-state index contributed by atoms with van der Waals surface area (Å²) in [5.41, 5.74) is 3.28. The van der Waals surface area contributed by atoms with E-state index in [-0.39, 0.29) is 279 Å². The van der Waals surface area contributed by atoms with Gasteiger partial charge in [0.2, 0.25) is 47.3 Å². The van der Waals surface area contributed by atoms with Gasteiger partial charge in [-0.3, -0.25) is 57.5 Å². The van der Waals surface area contributed by atoms with E-state index in [0.717, 1.165) is 0 Å². The van der Waals surface area contributed by atoms with E-state index in [1.165, 1.54) is 48.5 Å². The van der Waals surface area contributed by atoms with Crippen LogP contribution in [0.15, 0.2) is 97.1 Å². The third-order valence-corrected chi connectivity index (χ3v) is 26.8. The first-order valence-electron chi connectivity index (χ1n) is 40.3. The van der Waals surface area contributed by atoms with Crippen LogP contribution < -0.4 is 80.4 Å². The molecular weight excluding hydrogens is 2510 g/mol. The van der Waals surface area contributed by atoms with Gasteiger partial charge in [0.15, 0.2) is 46.0 Å². The number of fused-ring (bicyclic) bond motifs is 4. The van der Waals surface area contributed by atoms with E-state index in [2.05, 4.69) is 234 Å². The van der Waals surface area contributed by atoms with E-state index in [1.807, 2.05) is 24.3 Å². The molecule has 696 valence electrons. The van der Waals surface area contributed by atoms with Crippen molar-refractivity contribution in [2.24, 2.45) is 0 Å². The summed E-state index contributed by atoms with van der Waals surface area (Å²) < 4.78 is 83.4. The topological polar surface area (TPSA) is 412 Å². The van der Waals surface area contributed by atoms with Gasteiger partial charge in [0.25, 0.3) is 0 Å². The molecular formula is C88H76Br12N8O24. The summed E-state index contributed by atoms with van der Waals surface area (Å²) in [7, 11) is 0. The lowest BCUT2D eigenvalue weighted by molar-refractivity contribution is -0.141. The number of ether oxygens (including phenoxy) is 12. The second kappa shape index (κ2) is 47.4. The van der Waals surface area contributed by atoms with Gasteiger partial charge in [0.05, 0.1) is 115 Å². The quantitative estimate of drug-likeness (QED) is 0.00782. The summed E-state index contributed by atoms with van der Waals surface area (Å²) in [6.07, 6.45) is 0.698. The standard InChI is InChI=1S/C88H76Br12N8O24/c89-29-77(109)101-53-17-69-70(18-54(53)102-78(110)30-90)126-62-26-64-48-14-46(62)41(5-1-9-121-85(117)37-97)45-13-47-42(6-2-10-122-86(118)38-98)49-15-51-44(8-4-12-124-88(120)40-100)52-16-50(43(48)7-3-11-123-87(119)39-99)66(130-74-22-58(106-82(114)34-94)56(20-72(74)128-64)104-80(112)32-92)28-68(52)132-76-24-60(108-84(116)36-96)59(107-83(115)35-95)23-75(76)131-67(51)27-65(49)129-73-21-57(105-81(113)33-93)55(103-79(111)31-91)19-71(73)127-63(47)25-61(45)125-69/h13-28,41-44H,1-12,29-40H2,(H,101,109)(H,102,110)(H,103,111)(H,104,112)(H,105,113)(H,106,114)(H,107,115)(H,108,116). The summed E-state index contributed by atoms with van der Waals surface area (Å²) in [6, 6.07) is 25.8. The van der Waals surface area contributed by atoms with Crippen LogP contribution in [0.1, 0.15) is 120 Å². The average Bonchev–Trinajstić information content (AvgIpc) is 1.55. The minimum Gasteiger partial charge on any atom is -0.465 e. The van der Waals surface area contributed by atoms with Crippen LogP contribution in [0.2, 0.25) is 0 Å². The third-order valence-electron chi connectivity index (χ3n) is 20.9. The maximum Gasteiger partial charge on any atom is 0.316 e. The molecule has 0 unspecified atom stereocenters. The monoisotopic (exact) mass is 2580 g/mol. The molecule has 0 saturated heterocycles. The Balaban J connectivity index is 1.29. The molecule has 4 aliphatic heterocycles. The number of benzene rings is 8. The molecule has 132 heavy (non-hydrogen) atoms. The molecule has 0 saturated carbocycles. The Hall–Kier alpha value is -8.44. The predicted molar refractivity (Wildman–Crippen MR) is 535 cm³/mol. The van der Waals surface area contributed by atoms with Crippen molar-refractivity contribution in [2.75, 3.05) is 133 Å². The first-order chi connectivity index (χ1) is 63.7. The molecule has 0 aromatic heterocycles. The van der Waals surface area contributed by atoms with Gasteiger partial charge in [0, 0.05) is 141 Å². The number of halogens is 12. The number of carbonyl (C=O) groups excluding carboxylic acids is 12. The van der Waals surface area contributed by atoms with Crippen LogP contribution in [0.5, 0.6) is 92.0 Å². The molecule has 13 rings (SSSR count). The summed E-state index contributed by atoms with van der Waals surface area (Å²) in [6.45, 7) is -0.614. The summed E-state index contributed by atoms with van der Waals surface area (Å²) in [4.78, 5) is 164. The average molecular weight is 2590 g/mol. The van der Waals surface area contributed by atoms with Crippen molar-refractivity contribution in [1.29, 1.82) is 0 Å². The second-order valence-corrected chi connectivity index (χ2v) is 36.3. The van der Waals surface area contributed by atoms with Gasteiger partial charge < -0.3 is 99.4 Å². The highest BCUT2D eigenvalue weighted by Gasteiger charge is 2.41. The van der Waals surface area contributed by atoms with Gasteiger partial charge in [-0.25, -0.2) is 0 Å². The van der Waals surface area contributed by atoms with Crippen molar-refractivity contribution in [1.82, 2.24) is 0 Å². The van der Waals surface area contributed by atoms with Crippen LogP contribution in [-0.2, 0) is 76.5 Å². The fourth-order valence-corrected chi connectivity index (χ4v) is 17.1. The number of hydrogen-bond acceptors (Lipinski definition) is 24. The highest BCUT2D eigenvalue weighted by atomic mass is 79.9. The Labute approximate surface area is 855 Å². The van der Waals surface area contributed by atoms with E-state index in [4.69, 9.17) is 56.8 Å². The molecule has 8 aromatic carbocycles. The van der Waals surface area contributed by atoms with Crippen molar-refractivity contribution in [3.63, 3.8) is 0 Å². The van der Waals surface area contributed by atoms with Crippen LogP contribution in [0.3, 0.4) is 0 Å². The summed E-state index contributed by atoms with van der Waals surface area (Å²) >= 11 is 39.3. The molecule has 5 aliphatic rings. The minimum absolute atomic E-state index is 0.0297. The van der Waals surface area contributed by atoms with Crippen molar-refractivity contribution >= 4 is 308 Å². The van der Waals surface area contributed by atoms with Gasteiger partial charge >= 0.3 is 23.9 Å². The fourth-order valence-electron chi connectivity index (χ4n) is 15.4. The zero-order valence-electron chi connectivity index (χ0n) is 68.9. The lowest BCUT2D eigenvalue weighted by atomic mass is 9.76. The Morgan fingerprint density at radius 3 is 0.455 bits per heavy atom. The number of rotatable bonds is 36. The Kier molecular flexibility index (Phi) is 36.2. The second-order valence-electron chi connectivity index (χ2n) is 29.6. The zero-order chi connectivity index (χ0) is 94.1. The number of esters is 4. The van der Waals surface area contributed by atoms with Gasteiger partial charge in [-0.2, -0.15) is 0 Å². The molecule has 8 amide bonds. The molecule has 8 aromatic rings. The highest BCUT2D eigenvalue weighted by molar-refractivity contribution is 9.11. The number of amides is 8.